The van der Waals surface area contributed by atoms with Gasteiger partial charge < -0.3 is 10.4 Å². The van der Waals surface area contributed by atoms with E-state index >= 15 is 0 Å². The molecule has 0 aliphatic heterocycles. The van der Waals surface area contributed by atoms with Gasteiger partial charge >= 0.3 is 5.97 Å². The van der Waals surface area contributed by atoms with Crippen LogP contribution in [-0.4, -0.2) is 23.0 Å². The Balaban J connectivity index is 1.95. The number of nitrogens with one attached hydrogen (secondary N) is 1. The predicted octanol–water partition coefficient (Wildman–Crippen LogP) is 3.21. The van der Waals surface area contributed by atoms with Gasteiger partial charge in [0.05, 0.1) is 0 Å². The molecule has 0 aromatic rings. The second kappa shape index (κ2) is 6.37. The Bertz CT molecular complexity index is 399. The Hall–Kier alpha value is -1.06. The van der Waals surface area contributed by atoms with Crippen LogP contribution in [0.5, 0.6) is 0 Å². The summed E-state index contributed by atoms with van der Waals surface area (Å²) in [6, 6.07) is -0.811. The van der Waals surface area contributed by atoms with Gasteiger partial charge in [-0.05, 0) is 36.5 Å². The number of carboxylic acids is 1. The number of aliphatic carboxylic acids is 1. The maximum Gasteiger partial charge on any atom is 0.326 e. The molecule has 2 aliphatic rings. The minimum atomic E-state index is -0.942. The number of amides is 1. The molecule has 2 rings (SSSR count). The van der Waals surface area contributed by atoms with E-state index in [-0.39, 0.29) is 11.8 Å². The zero-order chi connectivity index (χ0) is 15.6. The summed E-state index contributed by atoms with van der Waals surface area (Å²) in [7, 11) is 0. The molecule has 4 nitrogen and oxygen atoms in total. The molecular formula is C17H29NO3. The van der Waals surface area contributed by atoms with Crippen molar-refractivity contribution in [3.63, 3.8) is 0 Å². The molecule has 2 aliphatic carbocycles. The van der Waals surface area contributed by atoms with Crippen LogP contribution in [0.2, 0.25) is 0 Å². The van der Waals surface area contributed by atoms with E-state index in [1.165, 1.54) is 25.7 Å². The maximum atomic E-state index is 12.5. The van der Waals surface area contributed by atoms with Crippen molar-refractivity contribution in [1.82, 2.24) is 5.32 Å². The van der Waals surface area contributed by atoms with Crippen LogP contribution in [0.1, 0.15) is 65.7 Å². The Labute approximate surface area is 127 Å². The molecule has 0 aromatic heterocycles. The standard InChI is InChI=1S/C17H29NO3/c1-17(2,3)14(16(20)21)18-15(19)13-9-8-11-6-4-5-7-12(11)10-13/h11-14H,4-10H2,1-3H3,(H,18,19)(H,20,21). The summed E-state index contributed by atoms with van der Waals surface area (Å²) in [5.41, 5.74) is -0.469. The zero-order valence-corrected chi connectivity index (χ0v) is 13.5. The van der Waals surface area contributed by atoms with Crippen molar-refractivity contribution in [3.8, 4) is 0 Å². The lowest BCUT2D eigenvalue weighted by Gasteiger charge is -2.39. The van der Waals surface area contributed by atoms with Crippen LogP contribution >= 0.6 is 0 Å². The molecule has 0 heterocycles. The number of carboxylic acid groups (broad SMARTS) is 1. The summed E-state index contributed by atoms with van der Waals surface area (Å²) >= 11 is 0. The van der Waals surface area contributed by atoms with Gasteiger partial charge in [0.25, 0.3) is 0 Å². The van der Waals surface area contributed by atoms with Crippen LogP contribution in [0.3, 0.4) is 0 Å². The molecule has 4 heteroatoms. The second-order valence-corrected chi connectivity index (χ2v) is 7.96. The van der Waals surface area contributed by atoms with E-state index in [0.29, 0.717) is 5.92 Å². The minimum absolute atomic E-state index is 0.00792. The molecule has 2 N–H and O–H groups in total. The van der Waals surface area contributed by atoms with Crippen molar-refractivity contribution in [2.24, 2.45) is 23.2 Å². The van der Waals surface area contributed by atoms with E-state index in [1.54, 1.807) is 0 Å². The molecule has 0 saturated heterocycles. The molecule has 4 atom stereocenters. The Kier molecular flexibility index (Phi) is 4.95. The monoisotopic (exact) mass is 295 g/mol. The van der Waals surface area contributed by atoms with Crippen molar-refractivity contribution in [1.29, 1.82) is 0 Å². The fourth-order valence-electron chi connectivity index (χ4n) is 4.02. The molecule has 21 heavy (non-hydrogen) atoms. The highest BCUT2D eigenvalue weighted by atomic mass is 16.4. The summed E-state index contributed by atoms with van der Waals surface area (Å²) < 4.78 is 0. The van der Waals surface area contributed by atoms with Gasteiger partial charge in [-0.15, -0.1) is 0 Å². The average Bonchev–Trinajstić information content (AvgIpc) is 2.42. The van der Waals surface area contributed by atoms with E-state index in [9.17, 15) is 14.7 Å². The Morgan fingerprint density at radius 1 is 1.05 bits per heavy atom. The molecule has 4 unspecified atom stereocenters. The van der Waals surface area contributed by atoms with Gasteiger partial charge in [-0.2, -0.15) is 0 Å². The number of carbonyl (C=O) groups excluding carboxylic acids is 1. The third kappa shape index (κ3) is 3.98. The summed E-state index contributed by atoms with van der Waals surface area (Å²) in [6.45, 7) is 5.55. The quantitative estimate of drug-likeness (QED) is 0.840. The van der Waals surface area contributed by atoms with Crippen LogP contribution in [0, 0.1) is 23.2 Å². The second-order valence-electron chi connectivity index (χ2n) is 7.96. The number of hydrogen-bond acceptors (Lipinski definition) is 2. The van der Waals surface area contributed by atoms with Gasteiger partial charge in [0.2, 0.25) is 5.91 Å². The number of fused-ring (bicyclic) bond motifs is 1. The maximum absolute atomic E-state index is 12.5. The topological polar surface area (TPSA) is 66.4 Å². The van der Waals surface area contributed by atoms with Crippen LogP contribution < -0.4 is 5.32 Å². The van der Waals surface area contributed by atoms with Crippen molar-refractivity contribution in [2.45, 2.75) is 71.8 Å². The van der Waals surface area contributed by atoms with Crippen molar-refractivity contribution in [2.75, 3.05) is 0 Å². The number of hydrogen-bond donors (Lipinski definition) is 2. The molecule has 0 aromatic carbocycles. The van der Waals surface area contributed by atoms with Crippen molar-refractivity contribution >= 4 is 11.9 Å². The summed E-state index contributed by atoms with van der Waals surface area (Å²) in [4.78, 5) is 23.8. The highest BCUT2D eigenvalue weighted by molar-refractivity contribution is 5.85. The van der Waals surface area contributed by atoms with Gasteiger partial charge in [-0.1, -0.05) is 46.5 Å². The molecule has 0 bridgehead atoms. The first kappa shape index (κ1) is 16.3. The van der Waals surface area contributed by atoms with E-state index in [1.807, 2.05) is 20.8 Å². The Morgan fingerprint density at radius 2 is 1.67 bits per heavy atom. The fourth-order valence-corrected chi connectivity index (χ4v) is 4.02. The summed E-state index contributed by atoms with van der Waals surface area (Å²) in [6.07, 6.45) is 8.19. The number of carbonyl (C=O) groups is 2. The Morgan fingerprint density at radius 3 is 2.24 bits per heavy atom. The molecule has 0 spiro atoms. The van der Waals surface area contributed by atoms with Crippen molar-refractivity contribution in [3.05, 3.63) is 0 Å². The first-order valence-electron chi connectivity index (χ1n) is 8.32. The molecule has 120 valence electrons. The lowest BCUT2D eigenvalue weighted by molar-refractivity contribution is -0.146. The van der Waals surface area contributed by atoms with Gasteiger partial charge in [-0.25, -0.2) is 4.79 Å². The third-order valence-corrected chi connectivity index (χ3v) is 5.31. The van der Waals surface area contributed by atoms with Crippen LogP contribution in [0.4, 0.5) is 0 Å². The molecule has 2 fully saturated rings. The predicted molar refractivity (Wildman–Crippen MR) is 81.8 cm³/mol. The van der Waals surface area contributed by atoms with E-state index in [4.69, 9.17) is 0 Å². The summed E-state index contributed by atoms with van der Waals surface area (Å²) in [5.74, 6) is 0.499. The SMILES string of the molecule is CC(C)(C)C(NC(=O)C1CCC2CCCCC2C1)C(=O)O. The first-order chi connectivity index (χ1) is 9.79. The van der Waals surface area contributed by atoms with E-state index in [2.05, 4.69) is 5.32 Å². The van der Waals surface area contributed by atoms with Gasteiger partial charge in [-0.3, -0.25) is 4.79 Å². The van der Waals surface area contributed by atoms with E-state index in [0.717, 1.165) is 25.2 Å². The number of rotatable bonds is 3. The van der Waals surface area contributed by atoms with Crippen molar-refractivity contribution < 1.29 is 14.7 Å². The average molecular weight is 295 g/mol. The van der Waals surface area contributed by atoms with E-state index < -0.39 is 17.4 Å². The fraction of sp³-hybridized carbons (Fsp3) is 0.882. The lowest BCUT2D eigenvalue weighted by atomic mass is 9.67. The normalized spacial score (nSPS) is 31.1. The molecule has 1 amide bonds. The highest BCUT2D eigenvalue weighted by Crippen LogP contribution is 2.42. The zero-order valence-electron chi connectivity index (χ0n) is 13.5. The lowest BCUT2D eigenvalue weighted by Crippen LogP contribution is -2.51. The largest absolute Gasteiger partial charge is 0.480 e. The van der Waals surface area contributed by atoms with Gasteiger partial charge in [0.1, 0.15) is 6.04 Å². The smallest absolute Gasteiger partial charge is 0.326 e. The van der Waals surface area contributed by atoms with Crippen LogP contribution in [0.15, 0.2) is 0 Å². The van der Waals surface area contributed by atoms with Crippen LogP contribution in [0.25, 0.3) is 0 Å². The third-order valence-electron chi connectivity index (χ3n) is 5.31. The van der Waals surface area contributed by atoms with Gasteiger partial charge in [0.15, 0.2) is 0 Å². The molecular weight excluding hydrogens is 266 g/mol. The van der Waals surface area contributed by atoms with Crippen LogP contribution in [-0.2, 0) is 9.59 Å². The molecule has 2 saturated carbocycles. The first-order valence-corrected chi connectivity index (χ1v) is 8.32. The summed E-state index contributed by atoms with van der Waals surface area (Å²) in [5, 5.41) is 12.1. The highest BCUT2D eigenvalue weighted by Gasteiger charge is 2.38. The van der Waals surface area contributed by atoms with Gasteiger partial charge in [0, 0.05) is 5.92 Å². The molecule has 0 radical (unpaired) electrons. The minimum Gasteiger partial charge on any atom is -0.480 e.